The van der Waals surface area contributed by atoms with Gasteiger partial charge in [-0.2, -0.15) is 0 Å². The highest BCUT2D eigenvalue weighted by Gasteiger charge is 2.43. The highest BCUT2D eigenvalue weighted by molar-refractivity contribution is 6.34. The van der Waals surface area contributed by atoms with E-state index < -0.39 is 5.60 Å². The molecule has 3 heteroatoms. The van der Waals surface area contributed by atoms with Crippen molar-refractivity contribution in [1.82, 2.24) is 0 Å². The lowest BCUT2D eigenvalue weighted by Gasteiger charge is -2.35. The van der Waals surface area contributed by atoms with Crippen molar-refractivity contribution in [2.45, 2.75) is 44.1 Å². The van der Waals surface area contributed by atoms with Crippen molar-refractivity contribution in [2.24, 2.45) is 11.8 Å². The highest BCUT2D eigenvalue weighted by Crippen LogP contribution is 2.50. The van der Waals surface area contributed by atoms with Crippen molar-refractivity contribution in [3.63, 3.8) is 0 Å². The minimum atomic E-state index is -0.798. The largest absolute Gasteiger partial charge is 0.456 e. The molecule has 106 valence electrons. The van der Waals surface area contributed by atoms with Crippen molar-refractivity contribution in [3.8, 4) is 0 Å². The van der Waals surface area contributed by atoms with Crippen molar-refractivity contribution in [3.05, 3.63) is 35.0 Å². The number of aliphatic hydroxyl groups is 1. The first-order valence-corrected chi connectivity index (χ1v) is 7.94. The van der Waals surface area contributed by atoms with Crippen LogP contribution >= 0.6 is 11.6 Å². The van der Waals surface area contributed by atoms with E-state index in [2.05, 4.69) is 0 Å². The number of benzene rings is 1. The van der Waals surface area contributed by atoms with Crippen LogP contribution in [0.15, 0.2) is 28.7 Å². The van der Waals surface area contributed by atoms with E-state index in [1.54, 1.807) is 0 Å². The third-order valence-corrected chi connectivity index (χ3v) is 5.31. The number of rotatable bonds is 2. The molecule has 0 radical (unpaired) electrons. The molecule has 0 spiro atoms. The maximum Gasteiger partial charge on any atom is 0.153 e. The fourth-order valence-corrected chi connectivity index (χ4v) is 3.97. The maximum absolute atomic E-state index is 11.0. The second kappa shape index (κ2) is 4.51. The van der Waals surface area contributed by atoms with Crippen LogP contribution in [0.2, 0.25) is 5.02 Å². The van der Waals surface area contributed by atoms with E-state index in [0.29, 0.717) is 22.3 Å². The van der Waals surface area contributed by atoms with Gasteiger partial charge in [0.1, 0.15) is 11.4 Å². The van der Waals surface area contributed by atoms with E-state index in [4.69, 9.17) is 16.0 Å². The van der Waals surface area contributed by atoms with Gasteiger partial charge in [0.25, 0.3) is 0 Å². The molecule has 20 heavy (non-hydrogen) atoms. The van der Waals surface area contributed by atoms with E-state index in [0.717, 1.165) is 30.6 Å². The Balaban J connectivity index is 1.71. The molecule has 0 bridgehead atoms. The number of hydrogen-bond donors (Lipinski definition) is 1. The summed E-state index contributed by atoms with van der Waals surface area (Å²) < 4.78 is 5.91. The third-order valence-electron chi connectivity index (χ3n) is 5.01. The van der Waals surface area contributed by atoms with Gasteiger partial charge in [-0.15, -0.1) is 0 Å². The molecule has 1 aromatic heterocycles. The fraction of sp³-hybridized carbons (Fsp3) is 0.529. The topological polar surface area (TPSA) is 33.4 Å². The zero-order valence-electron chi connectivity index (χ0n) is 11.4. The van der Waals surface area contributed by atoms with Gasteiger partial charge in [0.2, 0.25) is 0 Å². The normalized spacial score (nSPS) is 30.8. The van der Waals surface area contributed by atoms with E-state index in [1.165, 1.54) is 19.3 Å². The molecule has 2 aliphatic rings. The SMILES string of the molecule is OC1(c2cc3cccc(Cl)c3o2)CCCC(C2CC2)C1. The number of furan rings is 1. The average molecular weight is 291 g/mol. The molecule has 2 nitrogen and oxygen atoms in total. The average Bonchev–Trinajstić information content (AvgIpc) is 3.18. The smallest absolute Gasteiger partial charge is 0.153 e. The van der Waals surface area contributed by atoms with Crippen LogP contribution in [0.5, 0.6) is 0 Å². The molecule has 2 atom stereocenters. The predicted octanol–water partition coefficient (Wildman–Crippen LogP) is 4.87. The quantitative estimate of drug-likeness (QED) is 0.855. The zero-order valence-corrected chi connectivity index (χ0v) is 12.2. The summed E-state index contributed by atoms with van der Waals surface area (Å²) in [5, 5.41) is 12.6. The van der Waals surface area contributed by atoms with Crippen molar-refractivity contribution < 1.29 is 9.52 Å². The number of fused-ring (bicyclic) bond motifs is 1. The Bertz CT molecular complexity index is 643. The van der Waals surface area contributed by atoms with Gasteiger partial charge >= 0.3 is 0 Å². The molecule has 1 heterocycles. The number of hydrogen-bond acceptors (Lipinski definition) is 2. The first kappa shape index (κ1) is 12.7. The molecule has 0 amide bonds. The van der Waals surface area contributed by atoms with Gasteiger partial charge in [-0.1, -0.05) is 23.7 Å². The molecule has 2 saturated carbocycles. The molecule has 0 saturated heterocycles. The Morgan fingerprint density at radius 2 is 2.05 bits per heavy atom. The highest BCUT2D eigenvalue weighted by atomic mass is 35.5. The van der Waals surface area contributed by atoms with Crippen LogP contribution in [0.4, 0.5) is 0 Å². The van der Waals surface area contributed by atoms with Gasteiger partial charge in [-0.25, -0.2) is 0 Å². The van der Waals surface area contributed by atoms with Crippen molar-refractivity contribution in [2.75, 3.05) is 0 Å². The molecule has 2 unspecified atom stereocenters. The van der Waals surface area contributed by atoms with E-state index in [-0.39, 0.29) is 0 Å². The molecular weight excluding hydrogens is 272 g/mol. The Kier molecular flexibility index (Phi) is 2.87. The van der Waals surface area contributed by atoms with Gasteiger partial charge in [-0.3, -0.25) is 0 Å². The lowest BCUT2D eigenvalue weighted by Crippen LogP contribution is -2.33. The Morgan fingerprint density at radius 3 is 2.80 bits per heavy atom. The zero-order chi connectivity index (χ0) is 13.7. The minimum absolute atomic E-state index is 0.618. The Hall–Kier alpha value is -0.990. The molecule has 4 rings (SSSR count). The first-order valence-electron chi connectivity index (χ1n) is 7.57. The van der Waals surface area contributed by atoms with Crippen molar-refractivity contribution in [1.29, 1.82) is 0 Å². The van der Waals surface area contributed by atoms with Crippen LogP contribution < -0.4 is 0 Å². The number of halogens is 1. The summed E-state index contributed by atoms with van der Waals surface area (Å²) in [5.41, 5.74) is -0.0976. The molecule has 2 aromatic rings. The van der Waals surface area contributed by atoms with Gasteiger partial charge in [0.15, 0.2) is 5.58 Å². The fourth-order valence-electron chi connectivity index (χ4n) is 3.75. The summed E-state index contributed by atoms with van der Waals surface area (Å²) in [4.78, 5) is 0. The summed E-state index contributed by atoms with van der Waals surface area (Å²) in [5.74, 6) is 2.21. The lowest BCUT2D eigenvalue weighted by atomic mass is 9.75. The van der Waals surface area contributed by atoms with Gasteiger partial charge in [0.05, 0.1) is 5.02 Å². The van der Waals surface area contributed by atoms with Gasteiger partial charge in [0, 0.05) is 5.39 Å². The van der Waals surface area contributed by atoms with Gasteiger partial charge in [-0.05, 0) is 62.5 Å². The van der Waals surface area contributed by atoms with Crippen LogP contribution in [-0.2, 0) is 5.60 Å². The van der Waals surface area contributed by atoms with Crippen LogP contribution in [0, 0.1) is 11.8 Å². The molecule has 2 aliphatic carbocycles. The lowest BCUT2D eigenvalue weighted by molar-refractivity contribution is -0.0410. The van der Waals surface area contributed by atoms with E-state index in [1.807, 2.05) is 24.3 Å². The minimum Gasteiger partial charge on any atom is -0.456 e. The van der Waals surface area contributed by atoms with Crippen LogP contribution in [0.25, 0.3) is 11.0 Å². The summed E-state index contributed by atoms with van der Waals surface area (Å²) >= 11 is 6.17. The molecule has 1 N–H and O–H groups in total. The van der Waals surface area contributed by atoms with Gasteiger partial charge < -0.3 is 9.52 Å². The van der Waals surface area contributed by atoms with Crippen LogP contribution in [0.1, 0.15) is 44.3 Å². The maximum atomic E-state index is 11.0. The summed E-state index contributed by atoms with van der Waals surface area (Å²) in [7, 11) is 0. The van der Waals surface area contributed by atoms with Crippen LogP contribution in [-0.4, -0.2) is 5.11 Å². The predicted molar refractivity (Wildman–Crippen MR) is 79.8 cm³/mol. The Labute approximate surface area is 123 Å². The first-order chi connectivity index (χ1) is 9.66. The molecule has 0 aliphatic heterocycles. The standard InChI is InChI=1S/C17H19ClO2/c18-14-5-1-3-12-9-15(20-16(12)14)17(19)8-2-4-13(10-17)11-6-7-11/h1,3,5,9,11,13,19H,2,4,6-8,10H2. The number of para-hydroxylation sites is 1. The third kappa shape index (κ3) is 2.06. The van der Waals surface area contributed by atoms with E-state index >= 15 is 0 Å². The Morgan fingerprint density at radius 1 is 1.20 bits per heavy atom. The summed E-state index contributed by atoms with van der Waals surface area (Å²) in [6, 6.07) is 7.70. The molecule has 1 aromatic carbocycles. The van der Waals surface area contributed by atoms with Crippen molar-refractivity contribution >= 4 is 22.6 Å². The second-order valence-electron chi connectivity index (χ2n) is 6.49. The molecular formula is C17H19ClO2. The summed E-state index contributed by atoms with van der Waals surface area (Å²) in [6.07, 6.45) is 6.67. The second-order valence-corrected chi connectivity index (χ2v) is 6.90. The molecule has 2 fully saturated rings. The van der Waals surface area contributed by atoms with E-state index in [9.17, 15) is 5.11 Å². The van der Waals surface area contributed by atoms with Crippen LogP contribution in [0.3, 0.4) is 0 Å². The summed E-state index contributed by atoms with van der Waals surface area (Å²) in [6.45, 7) is 0. The monoisotopic (exact) mass is 290 g/mol.